The maximum absolute atomic E-state index is 13.5. The van der Waals surface area contributed by atoms with E-state index in [1.54, 1.807) is 38.1 Å². The molecule has 1 N–H and O–H groups in total. The van der Waals surface area contributed by atoms with E-state index in [9.17, 15) is 13.5 Å². The minimum Gasteiger partial charge on any atom is -0.399 e. The van der Waals surface area contributed by atoms with Crippen molar-refractivity contribution in [3.8, 4) is 0 Å². The van der Waals surface area contributed by atoms with Crippen molar-refractivity contribution in [1.29, 1.82) is 0 Å². The molecule has 2 aromatic carbocycles. The highest BCUT2D eigenvalue weighted by Crippen LogP contribution is 2.34. The number of oxime groups is 1. The van der Waals surface area contributed by atoms with Gasteiger partial charge in [0.2, 0.25) is 10.0 Å². The van der Waals surface area contributed by atoms with Gasteiger partial charge in [-0.25, -0.2) is 8.42 Å². The summed E-state index contributed by atoms with van der Waals surface area (Å²) in [6.07, 6.45) is 1.88. The van der Waals surface area contributed by atoms with Gasteiger partial charge in [0.05, 0.1) is 32.8 Å². The summed E-state index contributed by atoms with van der Waals surface area (Å²) in [5.41, 5.74) is 2.76. The fourth-order valence-electron chi connectivity index (χ4n) is 5.51. The monoisotopic (exact) mass is 632 g/mol. The van der Waals surface area contributed by atoms with Crippen molar-refractivity contribution in [3.05, 3.63) is 93.2 Å². The van der Waals surface area contributed by atoms with Crippen molar-refractivity contribution in [3.63, 3.8) is 0 Å². The molecule has 1 fully saturated rings. The van der Waals surface area contributed by atoms with Crippen molar-refractivity contribution in [2.24, 2.45) is 5.16 Å². The fraction of sp³-hybridized carbons (Fsp3) is 0.419. The van der Waals surface area contributed by atoms with Gasteiger partial charge in [0, 0.05) is 37.4 Å². The largest absolute Gasteiger partial charge is 0.399 e. The van der Waals surface area contributed by atoms with Gasteiger partial charge in [-0.15, -0.1) is 0 Å². The second kappa shape index (κ2) is 13.8. The molecule has 1 atom stereocenters. The van der Waals surface area contributed by atoms with Gasteiger partial charge in [0.1, 0.15) is 7.11 Å². The molecule has 8 nitrogen and oxygen atoms in total. The first kappa shape index (κ1) is 32.4. The molecule has 1 unspecified atom stereocenters. The average Bonchev–Trinajstić information content (AvgIpc) is 2.96. The first-order valence-corrected chi connectivity index (χ1v) is 16.1. The van der Waals surface area contributed by atoms with Crippen LogP contribution in [0.25, 0.3) is 0 Å². The number of benzene rings is 2. The van der Waals surface area contributed by atoms with Crippen molar-refractivity contribution >= 4 is 38.9 Å². The molecular weight excluding hydrogens is 595 g/mol. The van der Waals surface area contributed by atoms with Crippen LogP contribution in [0, 0.1) is 13.8 Å². The first-order valence-electron chi connectivity index (χ1n) is 13.9. The predicted molar refractivity (Wildman–Crippen MR) is 168 cm³/mol. The fourth-order valence-corrected chi connectivity index (χ4v) is 7.12. The number of aliphatic hydroxyl groups is 1. The third kappa shape index (κ3) is 7.70. The molecule has 0 amide bonds. The Morgan fingerprint density at radius 2 is 1.71 bits per heavy atom. The number of sulfonamides is 1. The molecule has 1 saturated heterocycles. The Bertz CT molecular complexity index is 1490. The average molecular weight is 634 g/mol. The molecule has 0 radical (unpaired) electrons. The third-order valence-electron chi connectivity index (χ3n) is 7.83. The molecule has 42 heavy (non-hydrogen) atoms. The smallest absolute Gasteiger partial charge is 0.243 e. The number of hydrogen-bond acceptors (Lipinski definition) is 7. The number of nitrogens with zero attached hydrogens (tertiary/aromatic N) is 4. The van der Waals surface area contributed by atoms with E-state index < -0.39 is 15.6 Å². The Kier molecular flexibility index (Phi) is 10.7. The summed E-state index contributed by atoms with van der Waals surface area (Å²) >= 11 is 12.6. The van der Waals surface area contributed by atoms with Crippen molar-refractivity contribution in [2.75, 3.05) is 40.3 Å². The third-order valence-corrected chi connectivity index (χ3v) is 10.4. The Labute approximate surface area is 259 Å². The minimum absolute atomic E-state index is 0.00919. The second-order valence-corrected chi connectivity index (χ2v) is 13.7. The van der Waals surface area contributed by atoms with Gasteiger partial charge in [-0.3, -0.25) is 4.98 Å². The van der Waals surface area contributed by atoms with Crippen molar-refractivity contribution in [1.82, 2.24) is 14.2 Å². The molecule has 0 saturated carbocycles. The molecule has 0 spiro atoms. The van der Waals surface area contributed by atoms with Gasteiger partial charge in [0.25, 0.3) is 0 Å². The Morgan fingerprint density at radius 3 is 2.31 bits per heavy atom. The molecule has 1 aliphatic heterocycles. The van der Waals surface area contributed by atoms with Gasteiger partial charge in [-0.1, -0.05) is 64.8 Å². The molecular formula is C31H38Cl2N4O4S. The quantitative estimate of drug-likeness (QED) is 0.212. The van der Waals surface area contributed by atoms with Crippen LogP contribution in [-0.2, 0) is 20.5 Å². The molecule has 4 rings (SSSR count). The molecule has 11 heteroatoms. The van der Waals surface area contributed by atoms with Crippen LogP contribution in [0.5, 0.6) is 0 Å². The van der Waals surface area contributed by atoms with Crippen LogP contribution in [-0.4, -0.2) is 73.8 Å². The Morgan fingerprint density at radius 1 is 1.07 bits per heavy atom. The van der Waals surface area contributed by atoms with Gasteiger partial charge in [-0.05, 0) is 75.0 Å². The van der Waals surface area contributed by atoms with E-state index in [0.717, 1.165) is 24.2 Å². The van der Waals surface area contributed by atoms with E-state index in [1.165, 1.54) is 18.5 Å². The zero-order valence-electron chi connectivity index (χ0n) is 24.4. The highest BCUT2D eigenvalue weighted by Gasteiger charge is 2.34. The number of hydrogen-bond donors (Lipinski definition) is 1. The summed E-state index contributed by atoms with van der Waals surface area (Å²) < 4.78 is 28.4. The Balaban J connectivity index is 1.55. The molecule has 2 heterocycles. The highest BCUT2D eigenvalue weighted by atomic mass is 35.5. The molecule has 226 valence electrons. The van der Waals surface area contributed by atoms with Crippen LogP contribution in [0.3, 0.4) is 0 Å². The van der Waals surface area contributed by atoms with Crippen molar-refractivity contribution in [2.45, 2.75) is 49.5 Å². The molecule has 1 aliphatic rings. The summed E-state index contributed by atoms with van der Waals surface area (Å²) in [4.78, 5) is 12.0. The number of likely N-dealkylation sites (tertiary alicyclic amines) is 1. The number of aryl methyl sites for hydroxylation is 2. The van der Waals surface area contributed by atoms with Gasteiger partial charge in [-0.2, -0.15) is 4.31 Å². The first-order chi connectivity index (χ1) is 19.9. The van der Waals surface area contributed by atoms with Crippen LogP contribution in [0.1, 0.15) is 47.7 Å². The standard InChI is InChI=1S/C31H38Cl2N4O4S/c1-22-18-26(19-23(2)34-22)42(39,40)36(3)21-30(35-41-4)27(24-10-11-28(32)29(33)20-24)12-15-37-16-13-31(38,14-17-37)25-8-6-5-7-9-25/h5-11,18-20,27,38H,12-17,21H2,1-4H3/b35-30-. The van der Waals surface area contributed by atoms with E-state index >= 15 is 0 Å². The lowest BCUT2D eigenvalue weighted by atomic mass is 9.84. The summed E-state index contributed by atoms with van der Waals surface area (Å²) in [6.45, 7) is 5.71. The van der Waals surface area contributed by atoms with Crippen LogP contribution in [0.4, 0.5) is 0 Å². The van der Waals surface area contributed by atoms with Gasteiger partial charge < -0.3 is 14.8 Å². The normalized spacial score (nSPS) is 16.9. The van der Waals surface area contributed by atoms with Crippen LogP contribution in [0.15, 0.2) is 70.7 Å². The molecule has 3 aromatic rings. The highest BCUT2D eigenvalue weighted by molar-refractivity contribution is 7.89. The molecule has 0 bridgehead atoms. The number of pyridine rings is 1. The predicted octanol–water partition coefficient (Wildman–Crippen LogP) is 5.79. The van der Waals surface area contributed by atoms with E-state index in [4.69, 9.17) is 28.0 Å². The summed E-state index contributed by atoms with van der Waals surface area (Å²) in [5.74, 6) is -0.298. The zero-order chi connectivity index (χ0) is 30.5. The number of halogens is 2. The Hall–Kier alpha value is -2.53. The topological polar surface area (TPSA) is 95.3 Å². The van der Waals surface area contributed by atoms with Gasteiger partial charge in [0.15, 0.2) is 0 Å². The van der Waals surface area contributed by atoms with Gasteiger partial charge >= 0.3 is 0 Å². The number of aromatic nitrogens is 1. The van der Waals surface area contributed by atoms with E-state index in [2.05, 4.69) is 15.0 Å². The molecule has 1 aromatic heterocycles. The summed E-state index contributed by atoms with van der Waals surface area (Å²) in [5, 5.41) is 16.4. The van der Waals surface area contributed by atoms with Crippen molar-refractivity contribution < 1.29 is 18.4 Å². The lowest BCUT2D eigenvalue weighted by Crippen LogP contribution is -2.43. The zero-order valence-corrected chi connectivity index (χ0v) is 26.8. The maximum Gasteiger partial charge on any atom is 0.243 e. The van der Waals surface area contributed by atoms with Crippen LogP contribution >= 0.6 is 23.2 Å². The summed E-state index contributed by atoms with van der Waals surface area (Å²) in [7, 11) is -0.847. The number of rotatable bonds is 11. The van der Waals surface area contributed by atoms with Crippen LogP contribution in [0.2, 0.25) is 10.0 Å². The van der Waals surface area contributed by atoms with E-state index in [1.807, 2.05) is 36.4 Å². The lowest BCUT2D eigenvalue weighted by molar-refractivity contribution is -0.0261. The van der Waals surface area contributed by atoms with E-state index in [-0.39, 0.29) is 17.4 Å². The lowest BCUT2D eigenvalue weighted by Gasteiger charge is -2.39. The second-order valence-electron chi connectivity index (χ2n) is 10.9. The minimum atomic E-state index is -3.83. The van der Waals surface area contributed by atoms with Crippen LogP contribution < -0.4 is 0 Å². The number of piperidine rings is 1. The van der Waals surface area contributed by atoms with E-state index in [0.29, 0.717) is 53.0 Å². The SMILES string of the molecule is CO/N=C(/CN(C)S(=O)(=O)c1cc(C)nc(C)c1)C(CCN1CCC(O)(c2ccccc2)CC1)c1ccc(Cl)c(Cl)c1. The maximum atomic E-state index is 13.5. The summed E-state index contributed by atoms with van der Waals surface area (Å²) in [6, 6.07) is 18.4. The molecule has 0 aliphatic carbocycles.